The summed E-state index contributed by atoms with van der Waals surface area (Å²) in [5, 5.41) is 5.99. The number of hydrogen-bond acceptors (Lipinski definition) is 7. The number of carbonyl (C=O) groups is 1. The molecule has 1 aliphatic rings. The van der Waals surface area contributed by atoms with Gasteiger partial charge in [0.05, 0.1) is 6.54 Å². The van der Waals surface area contributed by atoms with Gasteiger partial charge in [-0.1, -0.05) is 31.2 Å². The zero-order valence-electron chi connectivity index (χ0n) is 17.3. The van der Waals surface area contributed by atoms with Crippen LogP contribution in [0.15, 0.2) is 51.2 Å². The zero-order valence-corrected chi connectivity index (χ0v) is 17.3. The highest BCUT2D eigenvalue weighted by atomic mass is 16.5. The van der Waals surface area contributed by atoms with E-state index < -0.39 is 5.92 Å². The minimum atomic E-state index is -0.534. The SMILES string of the molecule is C/C=N\C(=C/C)OCc1ccc(CNC(=O)C2CN=C(NCCC)N=C2N)cc1. The molecule has 0 bridgehead atoms. The second-order valence-corrected chi connectivity index (χ2v) is 6.52. The molecule has 0 radical (unpaired) electrons. The Bertz CT molecular complexity index is 796. The van der Waals surface area contributed by atoms with Crippen LogP contribution >= 0.6 is 0 Å². The van der Waals surface area contributed by atoms with Crippen molar-refractivity contribution >= 4 is 23.9 Å². The molecule has 2 rings (SSSR count). The maximum Gasteiger partial charge on any atom is 0.232 e. The largest absolute Gasteiger partial charge is 0.473 e. The highest BCUT2D eigenvalue weighted by Crippen LogP contribution is 2.10. The number of ether oxygens (including phenoxy) is 1. The van der Waals surface area contributed by atoms with Crippen LogP contribution in [0.5, 0.6) is 0 Å². The van der Waals surface area contributed by atoms with Gasteiger partial charge in [0.25, 0.3) is 0 Å². The zero-order chi connectivity index (χ0) is 21.1. The monoisotopic (exact) mass is 398 g/mol. The number of amides is 1. The van der Waals surface area contributed by atoms with Gasteiger partial charge >= 0.3 is 0 Å². The Morgan fingerprint density at radius 3 is 2.66 bits per heavy atom. The molecule has 1 aromatic carbocycles. The predicted molar refractivity (Wildman–Crippen MR) is 117 cm³/mol. The Hall–Kier alpha value is -3.16. The Labute approximate surface area is 172 Å². The van der Waals surface area contributed by atoms with Crippen molar-refractivity contribution < 1.29 is 9.53 Å². The highest BCUT2D eigenvalue weighted by molar-refractivity contribution is 6.08. The predicted octanol–water partition coefficient (Wildman–Crippen LogP) is 2.11. The minimum absolute atomic E-state index is 0.174. The van der Waals surface area contributed by atoms with Crippen molar-refractivity contribution in [1.82, 2.24) is 10.6 Å². The van der Waals surface area contributed by atoms with Gasteiger partial charge in [-0.25, -0.2) is 4.99 Å². The average molecular weight is 399 g/mol. The summed E-state index contributed by atoms with van der Waals surface area (Å²) in [4.78, 5) is 25.0. The first-order valence-corrected chi connectivity index (χ1v) is 9.83. The van der Waals surface area contributed by atoms with E-state index in [4.69, 9.17) is 10.5 Å². The maximum absolute atomic E-state index is 12.4. The van der Waals surface area contributed by atoms with Gasteiger partial charge in [0, 0.05) is 19.3 Å². The molecule has 8 heteroatoms. The van der Waals surface area contributed by atoms with Gasteiger partial charge in [0.2, 0.25) is 17.7 Å². The smallest absolute Gasteiger partial charge is 0.232 e. The van der Waals surface area contributed by atoms with Gasteiger partial charge in [-0.05, 0) is 37.5 Å². The third-order valence-corrected chi connectivity index (χ3v) is 4.24. The van der Waals surface area contributed by atoms with Gasteiger partial charge < -0.3 is 21.1 Å². The molecule has 0 saturated heterocycles. The van der Waals surface area contributed by atoms with E-state index in [2.05, 4.69) is 32.5 Å². The Kier molecular flexibility index (Phi) is 8.88. The lowest BCUT2D eigenvalue weighted by molar-refractivity contribution is -0.123. The standard InChI is InChI=1S/C21H30N6O2/c1-4-11-24-21-26-13-17(19(22)27-21)20(28)25-12-15-7-9-16(10-8-15)14-29-18(5-2)23-6-3/h5-10,17H,4,11-14H2,1-3H3,(H,25,28)(H3,22,24,26,27)/b18-5+,23-6-. The summed E-state index contributed by atoms with van der Waals surface area (Å²) in [7, 11) is 0. The Balaban J connectivity index is 1.82. The van der Waals surface area contributed by atoms with E-state index in [0.717, 1.165) is 24.1 Å². The van der Waals surface area contributed by atoms with Gasteiger partial charge in [-0.15, -0.1) is 0 Å². The molecule has 4 N–H and O–H groups in total. The van der Waals surface area contributed by atoms with Crippen LogP contribution < -0.4 is 16.4 Å². The molecular formula is C21H30N6O2. The van der Waals surface area contributed by atoms with Crippen molar-refractivity contribution in [2.24, 2.45) is 26.6 Å². The molecule has 1 amide bonds. The maximum atomic E-state index is 12.4. The van der Waals surface area contributed by atoms with Gasteiger partial charge in [0.1, 0.15) is 18.4 Å². The van der Waals surface area contributed by atoms with E-state index in [1.165, 1.54) is 0 Å². The van der Waals surface area contributed by atoms with Crippen molar-refractivity contribution in [3.8, 4) is 0 Å². The first kappa shape index (κ1) is 22.1. The summed E-state index contributed by atoms with van der Waals surface area (Å²) in [5.41, 5.74) is 7.97. The van der Waals surface area contributed by atoms with Crippen LogP contribution in [-0.2, 0) is 22.7 Å². The molecule has 29 heavy (non-hydrogen) atoms. The highest BCUT2D eigenvalue weighted by Gasteiger charge is 2.25. The summed E-state index contributed by atoms with van der Waals surface area (Å²) in [6.07, 6.45) is 4.47. The summed E-state index contributed by atoms with van der Waals surface area (Å²) in [5.74, 6) is 0.668. The lowest BCUT2D eigenvalue weighted by Gasteiger charge is -2.19. The first-order valence-electron chi connectivity index (χ1n) is 9.83. The molecule has 0 saturated carbocycles. The number of allylic oxidation sites excluding steroid dienone is 1. The first-order chi connectivity index (χ1) is 14.1. The van der Waals surface area contributed by atoms with E-state index in [1.807, 2.05) is 44.2 Å². The molecule has 0 aliphatic carbocycles. The molecule has 1 atom stereocenters. The quantitative estimate of drug-likeness (QED) is 0.437. The fraction of sp³-hybridized carbons (Fsp3) is 0.429. The number of benzene rings is 1. The molecule has 156 valence electrons. The average Bonchev–Trinajstić information content (AvgIpc) is 2.74. The van der Waals surface area contributed by atoms with Crippen LogP contribution in [0.4, 0.5) is 0 Å². The lowest BCUT2D eigenvalue weighted by atomic mass is 10.1. The summed E-state index contributed by atoms with van der Waals surface area (Å²) in [6, 6.07) is 7.86. The van der Waals surface area contributed by atoms with Gasteiger partial charge in [0.15, 0.2) is 0 Å². The fourth-order valence-electron chi connectivity index (χ4n) is 2.60. The molecule has 1 unspecified atom stereocenters. The number of carbonyl (C=O) groups excluding carboxylic acids is 1. The van der Waals surface area contributed by atoms with E-state index in [-0.39, 0.29) is 11.7 Å². The summed E-state index contributed by atoms with van der Waals surface area (Å²) in [6.45, 7) is 7.70. The van der Waals surface area contributed by atoms with Crippen molar-refractivity contribution in [2.45, 2.75) is 40.3 Å². The van der Waals surface area contributed by atoms with Gasteiger partial charge in [-0.3, -0.25) is 9.79 Å². The molecule has 0 aromatic heterocycles. The Morgan fingerprint density at radius 1 is 1.31 bits per heavy atom. The minimum Gasteiger partial charge on any atom is -0.473 e. The number of rotatable bonds is 9. The van der Waals surface area contributed by atoms with Crippen molar-refractivity contribution in [3.63, 3.8) is 0 Å². The number of hydrogen-bond donors (Lipinski definition) is 3. The third-order valence-electron chi connectivity index (χ3n) is 4.24. The molecule has 1 aliphatic heterocycles. The van der Waals surface area contributed by atoms with E-state index in [1.54, 1.807) is 6.21 Å². The molecule has 1 heterocycles. The fourth-order valence-corrected chi connectivity index (χ4v) is 2.60. The van der Waals surface area contributed by atoms with Crippen LogP contribution in [0.2, 0.25) is 0 Å². The molecule has 0 spiro atoms. The topological polar surface area (TPSA) is 113 Å². The number of nitrogens with zero attached hydrogens (tertiary/aromatic N) is 3. The van der Waals surface area contributed by atoms with Gasteiger partial charge in [-0.2, -0.15) is 4.99 Å². The second kappa shape index (κ2) is 11.6. The second-order valence-electron chi connectivity index (χ2n) is 6.52. The molecule has 8 nitrogen and oxygen atoms in total. The number of nitrogens with one attached hydrogen (secondary N) is 2. The number of guanidine groups is 1. The summed E-state index contributed by atoms with van der Waals surface area (Å²) < 4.78 is 5.63. The number of nitrogens with two attached hydrogens (primary N) is 1. The molecule has 1 aromatic rings. The van der Waals surface area contributed by atoms with Crippen LogP contribution in [0.3, 0.4) is 0 Å². The van der Waals surface area contributed by atoms with E-state index in [0.29, 0.717) is 31.5 Å². The molecular weight excluding hydrogens is 368 g/mol. The normalized spacial score (nSPS) is 16.9. The Morgan fingerprint density at radius 2 is 2.03 bits per heavy atom. The number of aliphatic imine (C=N–C) groups is 3. The molecule has 0 fully saturated rings. The summed E-state index contributed by atoms with van der Waals surface area (Å²) >= 11 is 0. The van der Waals surface area contributed by atoms with E-state index in [9.17, 15) is 4.79 Å². The number of amidine groups is 1. The van der Waals surface area contributed by atoms with Crippen molar-refractivity contribution in [1.29, 1.82) is 0 Å². The van der Waals surface area contributed by atoms with E-state index >= 15 is 0 Å². The van der Waals surface area contributed by atoms with Crippen LogP contribution in [-0.4, -0.2) is 37.0 Å². The van der Waals surface area contributed by atoms with Crippen molar-refractivity contribution in [3.05, 3.63) is 47.4 Å². The van der Waals surface area contributed by atoms with Crippen LogP contribution in [0, 0.1) is 5.92 Å². The lowest BCUT2D eigenvalue weighted by Crippen LogP contribution is -2.44. The van der Waals surface area contributed by atoms with Crippen molar-refractivity contribution in [2.75, 3.05) is 13.1 Å². The van der Waals surface area contributed by atoms with Crippen LogP contribution in [0.25, 0.3) is 0 Å². The third kappa shape index (κ3) is 7.06. The van der Waals surface area contributed by atoms with Crippen LogP contribution in [0.1, 0.15) is 38.3 Å².